The van der Waals surface area contributed by atoms with Crippen molar-refractivity contribution in [2.45, 2.75) is 12.8 Å². The molecule has 0 aromatic heterocycles. The summed E-state index contributed by atoms with van der Waals surface area (Å²) in [6.07, 6.45) is 1.56. The molecule has 0 amide bonds. The van der Waals surface area contributed by atoms with Crippen molar-refractivity contribution in [1.29, 1.82) is 0 Å². The summed E-state index contributed by atoms with van der Waals surface area (Å²) < 4.78 is 27.9. The van der Waals surface area contributed by atoms with Gasteiger partial charge in [-0.05, 0) is 58.1 Å². The van der Waals surface area contributed by atoms with Gasteiger partial charge in [-0.1, -0.05) is 0 Å². The maximum absolute atomic E-state index is 5.57. The smallest absolute Gasteiger partial charge is 0.204 e. The Balaban J connectivity index is 2.33. The quantitative estimate of drug-likeness (QED) is 0.649. The average Bonchev–Trinajstić information content (AvgIpc) is 2.65. The van der Waals surface area contributed by atoms with Gasteiger partial charge < -0.3 is 23.7 Å². The van der Waals surface area contributed by atoms with E-state index in [-0.39, 0.29) is 0 Å². The normalized spacial score (nSPS) is 10.3. The van der Waals surface area contributed by atoms with Gasteiger partial charge in [-0.2, -0.15) is 0 Å². The van der Waals surface area contributed by atoms with Gasteiger partial charge in [0.25, 0.3) is 0 Å². The number of aryl methyl sites for hydroxylation is 2. The second-order valence-corrected chi connectivity index (χ2v) is 6.19. The summed E-state index contributed by atoms with van der Waals surface area (Å²) in [5.74, 6) is 3.42. The molecule has 136 valence electrons. The van der Waals surface area contributed by atoms with Crippen LogP contribution in [0.2, 0.25) is 0 Å². The Kier molecular flexibility index (Phi) is 6.82. The molecule has 0 fully saturated rings. The van der Waals surface area contributed by atoms with Gasteiger partial charge in [-0.25, -0.2) is 0 Å². The second kappa shape index (κ2) is 8.85. The molecule has 0 bridgehead atoms. The zero-order chi connectivity index (χ0) is 18.4. The van der Waals surface area contributed by atoms with Gasteiger partial charge in [-0.15, -0.1) is 0 Å². The third kappa shape index (κ3) is 4.31. The zero-order valence-corrected chi connectivity index (χ0v) is 16.7. The number of rotatable bonds is 8. The van der Waals surface area contributed by atoms with E-state index < -0.39 is 0 Å². The van der Waals surface area contributed by atoms with Crippen molar-refractivity contribution >= 4 is 15.9 Å². The zero-order valence-electron chi connectivity index (χ0n) is 15.1. The fraction of sp³-hybridized carbons (Fsp3) is 0.368. The SMILES string of the molecule is COc1cc(CCc2cc(Br)c(OC)c(OC)c2OC)cc(OC)c1. The first-order valence-corrected chi connectivity index (χ1v) is 8.56. The first kappa shape index (κ1) is 19.2. The predicted octanol–water partition coefficient (Wildman–Crippen LogP) is 4.28. The van der Waals surface area contributed by atoms with Gasteiger partial charge >= 0.3 is 0 Å². The largest absolute Gasteiger partial charge is 0.497 e. The number of benzene rings is 2. The van der Waals surface area contributed by atoms with Crippen molar-refractivity contribution in [3.63, 3.8) is 0 Å². The van der Waals surface area contributed by atoms with Gasteiger partial charge in [0.05, 0.1) is 40.0 Å². The minimum atomic E-state index is 0.581. The number of methoxy groups -OCH3 is 5. The minimum Gasteiger partial charge on any atom is -0.497 e. The third-order valence-electron chi connectivity index (χ3n) is 3.93. The van der Waals surface area contributed by atoms with Crippen molar-refractivity contribution in [3.8, 4) is 28.7 Å². The summed E-state index contributed by atoms with van der Waals surface area (Å²) in [6.45, 7) is 0. The summed E-state index contributed by atoms with van der Waals surface area (Å²) in [5, 5.41) is 0. The van der Waals surface area contributed by atoms with Crippen LogP contribution >= 0.6 is 15.9 Å². The lowest BCUT2D eigenvalue weighted by Gasteiger charge is -2.17. The van der Waals surface area contributed by atoms with E-state index in [1.165, 1.54) is 0 Å². The molecule has 5 nitrogen and oxygen atoms in total. The molecule has 0 N–H and O–H groups in total. The van der Waals surface area contributed by atoms with Crippen molar-refractivity contribution in [2.75, 3.05) is 35.5 Å². The summed E-state index contributed by atoms with van der Waals surface area (Å²) >= 11 is 3.53. The maximum Gasteiger partial charge on any atom is 0.204 e. The summed E-state index contributed by atoms with van der Waals surface area (Å²) in [7, 11) is 8.12. The van der Waals surface area contributed by atoms with Crippen LogP contribution in [0.1, 0.15) is 11.1 Å². The van der Waals surface area contributed by atoms with E-state index in [1.807, 2.05) is 24.3 Å². The summed E-state index contributed by atoms with van der Waals surface area (Å²) in [6, 6.07) is 7.87. The molecule has 0 aliphatic carbocycles. The van der Waals surface area contributed by atoms with E-state index in [0.717, 1.165) is 39.9 Å². The standard InChI is InChI=1S/C19H23BrO5/c1-21-14-8-12(9-15(11-14)22-2)6-7-13-10-16(20)18(24-4)19(25-5)17(13)23-3/h8-11H,6-7H2,1-5H3. The van der Waals surface area contributed by atoms with Crippen LogP contribution in [0.4, 0.5) is 0 Å². The molecule has 0 spiro atoms. The molecule has 0 atom stereocenters. The molecule has 6 heteroatoms. The first-order chi connectivity index (χ1) is 12.1. The lowest BCUT2D eigenvalue weighted by molar-refractivity contribution is 0.321. The van der Waals surface area contributed by atoms with Crippen LogP contribution in [0, 0.1) is 0 Å². The van der Waals surface area contributed by atoms with E-state index in [4.69, 9.17) is 23.7 Å². The van der Waals surface area contributed by atoms with Crippen LogP contribution in [-0.2, 0) is 12.8 Å². The molecule has 0 aliphatic rings. The third-order valence-corrected chi connectivity index (χ3v) is 4.52. The molecule has 0 aliphatic heterocycles. The Bertz CT molecular complexity index is 708. The van der Waals surface area contributed by atoms with Gasteiger partial charge in [0.2, 0.25) is 5.75 Å². The lowest BCUT2D eigenvalue weighted by atomic mass is 10.0. The Hall–Kier alpha value is -2.08. The van der Waals surface area contributed by atoms with Gasteiger partial charge in [-0.3, -0.25) is 0 Å². The molecular formula is C19H23BrO5. The fourth-order valence-electron chi connectivity index (χ4n) is 2.72. The minimum absolute atomic E-state index is 0.581. The molecule has 2 aromatic rings. The van der Waals surface area contributed by atoms with Crippen LogP contribution in [0.5, 0.6) is 28.7 Å². The van der Waals surface area contributed by atoms with Gasteiger partial charge in [0, 0.05) is 6.07 Å². The molecule has 2 rings (SSSR count). The lowest BCUT2D eigenvalue weighted by Crippen LogP contribution is -2.02. The van der Waals surface area contributed by atoms with Crippen LogP contribution in [-0.4, -0.2) is 35.5 Å². The van der Waals surface area contributed by atoms with E-state index in [2.05, 4.69) is 15.9 Å². The number of hydrogen-bond acceptors (Lipinski definition) is 5. The molecule has 0 unspecified atom stereocenters. The fourth-order valence-corrected chi connectivity index (χ4v) is 3.33. The number of halogens is 1. The molecule has 25 heavy (non-hydrogen) atoms. The maximum atomic E-state index is 5.57. The van der Waals surface area contributed by atoms with Crippen LogP contribution < -0.4 is 23.7 Å². The highest BCUT2D eigenvalue weighted by Gasteiger charge is 2.19. The highest BCUT2D eigenvalue weighted by molar-refractivity contribution is 9.10. The first-order valence-electron chi connectivity index (χ1n) is 7.77. The highest BCUT2D eigenvalue weighted by Crippen LogP contribution is 2.45. The summed E-state index contributed by atoms with van der Waals surface area (Å²) in [5.41, 5.74) is 2.14. The van der Waals surface area contributed by atoms with Crippen LogP contribution in [0.25, 0.3) is 0 Å². The molecule has 0 saturated carbocycles. The van der Waals surface area contributed by atoms with Crippen molar-refractivity contribution in [2.24, 2.45) is 0 Å². The van der Waals surface area contributed by atoms with E-state index >= 15 is 0 Å². The topological polar surface area (TPSA) is 46.2 Å². The predicted molar refractivity (Wildman–Crippen MR) is 101 cm³/mol. The molecular weight excluding hydrogens is 388 g/mol. The Morgan fingerprint density at radius 3 is 1.68 bits per heavy atom. The average molecular weight is 411 g/mol. The van der Waals surface area contributed by atoms with Gasteiger partial charge in [0.15, 0.2) is 11.5 Å². The van der Waals surface area contributed by atoms with Crippen molar-refractivity contribution in [3.05, 3.63) is 39.9 Å². The monoisotopic (exact) mass is 410 g/mol. The van der Waals surface area contributed by atoms with E-state index in [0.29, 0.717) is 17.2 Å². The molecule has 2 aromatic carbocycles. The van der Waals surface area contributed by atoms with Crippen LogP contribution in [0.3, 0.4) is 0 Å². The second-order valence-electron chi connectivity index (χ2n) is 5.34. The van der Waals surface area contributed by atoms with Crippen molar-refractivity contribution < 1.29 is 23.7 Å². The number of hydrogen-bond donors (Lipinski definition) is 0. The molecule has 0 heterocycles. The van der Waals surface area contributed by atoms with Crippen LogP contribution in [0.15, 0.2) is 28.7 Å². The van der Waals surface area contributed by atoms with Gasteiger partial charge in [0.1, 0.15) is 11.5 Å². The Morgan fingerprint density at radius 2 is 1.20 bits per heavy atom. The van der Waals surface area contributed by atoms with E-state index in [9.17, 15) is 0 Å². The number of ether oxygens (including phenoxy) is 5. The highest BCUT2D eigenvalue weighted by atomic mass is 79.9. The van der Waals surface area contributed by atoms with E-state index in [1.54, 1.807) is 35.5 Å². The summed E-state index contributed by atoms with van der Waals surface area (Å²) in [4.78, 5) is 0. The Labute approximate surface area is 156 Å². The Morgan fingerprint density at radius 1 is 0.640 bits per heavy atom. The molecule has 0 saturated heterocycles. The molecule has 0 radical (unpaired) electrons. The van der Waals surface area contributed by atoms with Crippen molar-refractivity contribution in [1.82, 2.24) is 0 Å².